The van der Waals surface area contributed by atoms with Gasteiger partial charge in [0, 0.05) is 4.88 Å². The molecule has 2 aliphatic rings. The number of hydrogen-bond donors (Lipinski definition) is 2. The highest BCUT2D eigenvalue weighted by atomic mass is 32.1. The second-order valence-corrected chi connectivity index (χ2v) is 8.41. The molecule has 2 N–H and O–H groups in total. The van der Waals surface area contributed by atoms with Crippen LogP contribution in [0.25, 0.3) is 0 Å². The minimum Gasteiger partial charge on any atom is -0.364 e. The topological polar surface area (TPSA) is 66.6 Å². The lowest BCUT2D eigenvalue weighted by molar-refractivity contribution is -0.907. The van der Waals surface area contributed by atoms with Crippen molar-refractivity contribution in [1.82, 2.24) is 0 Å². The van der Waals surface area contributed by atoms with E-state index in [1.54, 1.807) is 11.3 Å². The van der Waals surface area contributed by atoms with Crippen LogP contribution in [0.1, 0.15) is 43.2 Å². The molecule has 1 fully saturated rings. The van der Waals surface area contributed by atoms with Gasteiger partial charge in [0.25, 0.3) is 5.91 Å². The van der Waals surface area contributed by atoms with Crippen LogP contribution in [-0.2, 0) is 22.4 Å². The molecule has 1 aromatic rings. The summed E-state index contributed by atoms with van der Waals surface area (Å²) < 4.78 is 5.72. The number of morpholine rings is 1. The van der Waals surface area contributed by atoms with Crippen LogP contribution in [0.4, 0.5) is 5.00 Å². The first-order valence-electron chi connectivity index (χ1n) is 8.79. The van der Waals surface area contributed by atoms with E-state index in [9.17, 15) is 10.1 Å². The molecule has 3 rings (SSSR count). The Labute approximate surface area is 147 Å². The third kappa shape index (κ3) is 3.80. The smallest absolute Gasteiger partial charge is 0.280 e. The van der Waals surface area contributed by atoms with Gasteiger partial charge in [-0.2, -0.15) is 5.26 Å². The van der Waals surface area contributed by atoms with Gasteiger partial charge < -0.3 is 15.0 Å². The van der Waals surface area contributed by atoms with E-state index in [2.05, 4.69) is 32.2 Å². The van der Waals surface area contributed by atoms with Crippen molar-refractivity contribution < 1.29 is 14.4 Å². The molecule has 0 spiro atoms. The third-order valence-corrected chi connectivity index (χ3v) is 6.07. The van der Waals surface area contributed by atoms with Gasteiger partial charge in [0.15, 0.2) is 6.54 Å². The van der Waals surface area contributed by atoms with Gasteiger partial charge in [0.05, 0.1) is 5.56 Å². The zero-order valence-electron chi connectivity index (χ0n) is 14.6. The number of nitriles is 1. The Balaban J connectivity index is 1.67. The second kappa shape index (κ2) is 7.22. The van der Waals surface area contributed by atoms with E-state index in [4.69, 9.17) is 4.74 Å². The Morgan fingerprint density at radius 3 is 2.75 bits per heavy atom. The lowest BCUT2D eigenvalue weighted by atomic mass is 9.89. The van der Waals surface area contributed by atoms with Crippen LogP contribution in [0.2, 0.25) is 0 Å². The Morgan fingerprint density at radius 1 is 1.38 bits per heavy atom. The lowest BCUT2D eigenvalue weighted by Crippen LogP contribution is -3.16. The maximum absolute atomic E-state index is 12.5. The summed E-state index contributed by atoms with van der Waals surface area (Å²) in [6, 6.07) is 2.31. The van der Waals surface area contributed by atoms with Gasteiger partial charge >= 0.3 is 0 Å². The van der Waals surface area contributed by atoms with Gasteiger partial charge in [-0.05, 0) is 44.6 Å². The number of carbonyl (C=O) groups excluding carboxylic acids is 1. The first kappa shape index (κ1) is 17.4. The minimum absolute atomic E-state index is 0.00514. The molecular weight excluding hydrogens is 322 g/mol. The van der Waals surface area contributed by atoms with E-state index in [1.807, 2.05) is 0 Å². The summed E-state index contributed by atoms with van der Waals surface area (Å²) in [5.41, 5.74) is 1.85. The molecule has 6 heteroatoms. The van der Waals surface area contributed by atoms with E-state index in [1.165, 1.54) is 9.78 Å². The zero-order valence-corrected chi connectivity index (χ0v) is 15.5. The van der Waals surface area contributed by atoms with Crippen molar-refractivity contribution >= 4 is 22.2 Å². The number of thiophene rings is 1. The average Bonchev–Trinajstić information content (AvgIpc) is 2.81. The van der Waals surface area contributed by atoms with E-state index >= 15 is 0 Å². The van der Waals surface area contributed by atoms with Crippen molar-refractivity contribution in [3.8, 4) is 6.07 Å². The number of ether oxygens (including phenoxy) is 1. The summed E-state index contributed by atoms with van der Waals surface area (Å²) in [5.74, 6) is 0.654. The monoisotopic (exact) mass is 348 g/mol. The van der Waals surface area contributed by atoms with Crippen LogP contribution in [0, 0.1) is 17.2 Å². The average molecular weight is 348 g/mol. The number of anilines is 1. The van der Waals surface area contributed by atoms with Crippen LogP contribution in [-0.4, -0.2) is 37.7 Å². The van der Waals surface area contributed by atoms with E-state index in [0.717, 1.165) is 42.9 Å². The van der Waals surface area contributed by atoms with Crippen molar-refractivity contribution in [2.45, 2.75) is 52.2 Å². The number of nitrogens with one attached hydrogen (secondary N) is 2. The molecular formula is C18H26N3O2S+. The fourth-order valence-electron chi connectivity index (χ4n) is 3.89. The molecule has 3 atom stereocenters. The molecule has 130 valence electrons. The summed E-state index contributed by atoms with van der Waals surface area (Å²) in [6.45, 7) is 8.48. The van der Waals surface area contributed by atoms with Gasteiger partial charge in [0.2, 0.25) is 0 Å². The highest BCUT2D eigenvalue weighted by Gasteiger charge is 2.29. The Morgan fingerprint density at radius 2 is 2.08 bits per heavy atom. The van der Waals surface area contributed by atoms with Crippen molar-refractivity contribution in [3.63, 3.8) is 0 Å². The molecule has 0 aromatic carbocycles. The largest absolute Gasteiger partial charge is 0.364 e. The summed E-state index contributed by atoms with van der Waals surface area (Å²) in [7, 11) is 0. The molecule has 5 nitrogen and oxygen atoms in total. The first-order chi connectivity index (χ1) is 11.5. The van der Waals surface area contributed by atoms with E-state index < -0.39 is 0 Å². The summed E-state index contributed by atoms with van der Waals surface area (Å²) in [6.07, 6.45) is 3.46. The standard InChI is InChI=1S/C18H25N3O2S/c1-11-4-5-14-15(7-19)18(24-16(14)6-11)20-17(22)10-21-8-12(2)23-13(3)9-21/h11-13H,4-6,8-10H2,1-3H3,(H,20,22)/p+1. The molecule has 1 aromatic heterocycles. The van der Waals surface area contributed by atoms with Gasteiger partial charge in [0.1, 0.15) is 36.4 Å². The molecule has 1 amide bonds. The van der Waals surface area contributed by atoms with E-state index in [0.29, 0.717) is 18.0 Å². The Hall–Kier alpha value is -1.42. The van der Waals surface area contributed by atoms with Crippen LogP contribution in [0.3, 0.4) is 0 Å². The van der Waals surface area contributed by atoms with Gasteiger partial charge in [-0.25, -0.2) is 0 Å². The maximum Gasteiger partial charge on any atom is 0.280 e. The van der Waals surface area contributed by atoms with Crippen molar-refractivity contribution in [2.75, 3.05) is 25.0 Å². The number of fused-ring (bicyclic) bond motifs is 1. The summed E-state index contributed by atoms with van der Waals surface area (Å²) in [5, 5.41) is 13.3. The SMILES string of the molecule is CC1CCc2c(sc(NC(=O)C[NH+]3CC(C)OC(C)C3)c2C#N)C1. The van der Waals surface area contributed by atoms with Crippen molar-refractivity contribution in [3.05, 3.63) is 16.0 Å². The first-order valence-corrected chi connectivity index (χ1v) is 9.61. The molecule has 24 heavy (non-hydrogen) atoms. The molecule has 0 saturated carbocycles. The fraction of sp³-hybridized carbons (Fsp3) is 0.667. The Bertz CT molecular complexity index is 654. The minimum atomic E-state index is -0.00514. The van der Waals surface area contributed by atoms with Crippen LogP contribution >= 0.6 is 11.3 Å². The number of amides is 1. The molecule has 1 aliphatic heterocycles. The van der Waals surface area contributed by atoms with Crippen LogP contribution in [0.5, 0.6) is 0 Å². The number of quaternary nitrogens is 1. The summed E-state index contributed by atoms with van der Waals surface area (Å²) in [4.78, 5) is 15.0. The fourth-order valence-corrected chi connectivity index (χ4v) is 5.27. The van der Waals surface area contributed by atoms with Gasteiger partial charge in [-0.3, -0.25) is 4.79 Å². The highest BCUT2D eigenvalue weighted by Crippen LogP contribution is 2.39. The second-order valence-electron chi connectivity index (χ2n) is 7.31. The number of carbonyl (C=O) groups is 1. The normalized spacial score (nSPS) is 29.6. The molecule has 1 saturated heterocycles. The maximum atomic E-state index is 12.5. The Kier molecular flexibility index (Phi) is 5.24. The predicted molar refractivity (Wildman–Crippen MR) is 94.4 cm³/mol. The quantitative estimate of drug-likeness (QED) is 0.867. The highest BCUT2D eigenvalue weighted by molar-refractivity contribution is 7.16. The lowest BCUT2D eigenvalue weighted by Gasteiger charge is -2.31. The third-order valence-electron chi connectivity index (χ3n) is 4.90. The number of hydrogen-bond acceptors (Lipinski definition) is 4. The van der Waals surface area contributed by atoms with Crippen LogP contribution < -0.4 is 10.2 Å². The molecule has 0 radical (unpaired) electrons. The van der Waals surface area contributed by atoms with Crippen LogP contribution in [0.15, 0.2) is 0 Å². The number of rotatable bonds is 3. The molecule has 2 heterocycles. The van der Waals surface area contributed by atoms with E-state index in [-0.39, 0.29) is 18.1 Å². The summed E-state index contributed by atoms with van der Waals surface area (Å²) >= 11 is 1.59. The molecule has 0 bridgehead atoms. The molecule has 1 aliphatic carbocycles. The van der Waals surface area contributed by atoms with Gasteiger partial charge in [-0.15, -0.1) is 11.3 Å². The number of nitrogens with zero attached hydrogens (tertiary/aromatic N) is 1. The van der Waals surface area contributed by atoms with Gasteiger partial charge in [-0.1, -0.05) is 6.92 Å². The zero-order chi connectivity index (χ0) is 17.3. The van der Waals surface area contributed by atoms with Crippen molar-refractivity contribution in [1.29, 1.82) is 5.26 Å². The van der Waals surface area contributed by atoms with Crippen molar-refractivity contribution in [2.24, 2.45) is 5.92 Å². The molecule has 3 unspecified atom stereocenters. The predicted octanol–water partition coefficient (Wildman–Crippen LogP) is 1.38.